The second-order valence-electron chi connectivity index (χ2n) is 3.69. The molecule has 0 bridgehead atoms. The van der Waals surface area contributed by atoms with Crippen LogP contribution in [0.2, 0.25) is 0 Å². The Labute approximate surface area is 87.7 Å². The first-order chi connectivity index (χ1) is 7.16. The zero-order valence-corrected chi connectivity index (χ0v) is 8.66. The van der Waals surface area contributed by atoms with Crippen LogP contribution in [0.15, 0.2) is 27.6 Å². The lowest BCUT2D eigenvalue weighted by Crippen LogP contribution is -2.47. The van der Waals surface area contributed by atoms with Crippen LogP contribution in [0.1, 0.15) is 13.8 Å². The number of nitrogens with one attached hydrogen (secondary N) is 2. The van der Waals surface area contributed by atoms with Crippen LogP contribution in [0.5, 0.6) is 0 Å². The van der Waals surface area contributed by atoms with Crippen molar-refractivity contribution in [2.24, 2.45) is 15.9 Å². The van der Waals surface area contributed by atoms with Crippen LogP contribution in [-0.2, 0) is 4.79 Å². The predicted molar refractivity (Wildman–Crippen MR) is 57.4 cm³/mol. The average Bonchev–Trinajstić information content (AvgIpc) is 2.39. The smallest absolute Gasteiger partial charge is 0.244 e. The summed E-state index contributed by atoms with van der Waals surface area (Å²) < 4.78 is 0. The van der Waals surface area contributed by atoms with E-state index in [4.69, 9.17) is 0 Å². The van der Waals surface area contributed by atoms with E-state index in [0.29, 0.717) is 11.5 Å². The van der Waals surface area contributed by atoms with Gasteiger partial charge in [-0.25, -0.2) is 9.98 Å². The average molecular weight is 204 g/mol. The van der Waals surface area contributed by atoms with E-state index in [2.05, 4.69) is 26.5 Å². The van der Waals surface area contributed by atoms with Gasteiger partial charge in [0.1, 0.15) is 5.70 Å². The van der Waals surface area contributed by atoms with Crippen LogP contribution in [0.4, 0.5) is 0 Å². The lowest BCUT2D eigenvalue weighted by Gasteiger charge is -2.17. The van der Waals surface area contributed by atoms with Crippen molar-refractivity contribution in [1.29, 1.82) is 0 Å². The largest absolute Gasteiger partial charge is 0.365 e. The number of fused-ring (bicyclic) bond motifs is 1. The van der Waals surface area contributed by atoms with Crippen molar-refractivity contribution < 1.29 is 4.79 Å². The molecule has 5 heteroatoms. The summed E-state index contributed by atoms with van der Waals surface area (Å²) in [5, 5.41) is 5.60. The van der Waals surface area contributed by atoms with Gasteiger partial charge in [-0.1, -0.05) is 13.8 Å². The second-order valence-corrected chi connectivity index (χ2v) is 3.69. The summed E-state index contributed by atoms with van der Waals surface area (Å²) in [6, 6.07) is 0. The third-order valence-electron chi connectivity index (χ3n) is 2.13. The number of amidine groups is 1. The van der Waals surface area contributed by atoms with E-state index in [1.54, 1.807) is 6.20 Å². The molecule has 1 amide bonds. The minimum atomic E-state index is -0.0932. The number of carbonyl (C=O) groups excluding carboxylic acids is 1. The maximum absolute atomic E-state index is 11.2. The van der Waals surface area contributed by atoms with Gasteiger partial charge in [0, 0.05) is 5.87 Å². The summed E-state index contributed by atoms with van der Waals surface area (Å²) in [4.78, 5) is 19.5. The fourth-order valence-corrected chi connectivity index (χ4v) is 1.27. The van der Waals surface area contributed by atoms with Crippen molar-refractivity contribution in [2.75, 3.05) is 6.54 Å². The standard InChI is InChI=1S/C10H12N4O/c1-6(2)7-3-11-4-8-10(13-7)14-9(15)5-12-8/h3,6,12H,5H2,1-2H3,(H,13,14,15). The fourth-order valence-electron chi connectivity index (χ4n) is 1.27. The van der Waals surface area contributed by atoms with Crippen molar-refractivity contribution in [2.45, 2.75) is 13.8 Å². The van der Waals surface area contributed by atoms with Gasteiger partial charge >= 0.3 is 0 Å². The molecule has 0 aliphatic carbocycles. The normalized spacial score (nSPS) is 19.4. The molecule has 5 nitrogen and oxygen atoms in total. The second kappa shape index (κ2) is 3.71. The molecule has 15 heavy (non-hydrogen) atoms. The molecule has 78 valence electrons. The van der Waals surface area contributed by atoms with Gasteiger partial charge in [0.25, 0.3) is 0 Å². The van der Waals surface area contributed by atoms with E-state index in [0.717, 1.165) is 5.70 Å². The molecule has 0 atom stereocenters. The minimum absolute atomic E-state index is 0.0932. The summed E-state index contributed by atoms with van der Waals surface area (Å²) in [5.41, 5.74) is 1.47. The molecule has 0 aromatic carbocycles. The summed E-state index contributed by atoms with van der Waals surface area (Å²) in [7, 11) is 0. The van der Waals surface area contributed by atoms with Crippen molar-refractivity contribution in [1.82, 2.24) is 10.6 Å². The summed E-state index contributed by atoms with van der Waals surface area (Å²) in [5.74, 6) is 3.48. The number of amides is 1. The first kappa shape index (κ1) is 9.68. The molecular weight excluding hydrogens is 192 g/mol. The SMILES string of the molecule is CC(C)C1=CN=C=C2NCC(=O)NC2=N1. The first-order valence-corrected chi connectivity index (χ1v) is 4.82. The molecule has 0 aromatic heterocycles. The number of aliphatic imine (C=N–C) groups is 2. The van der Waals surface area contributed by atoms with Crippen LogP contribution in [0.3, 0.4) is 0 Å². The lowest BCUT2D eigenvalue weighted by molar-refractivity contribution is -0.119. The number of piperazine rings is 1. The molecule has 2 N–H and O–H groups in total. The quantitative estimate of drug-likeness (QED) is 0.639. The monoisotopic (exact) mass is 204 g/mol. The fraction of sp³-hybridized carbons (Fsp3) is 0.400. The predicted octanol–water partition coefficient (Wildman–Crippen LogP) is 0.169. The molecular formula is C10H12N4O. The Hall–Kier alpha value is -1.87. The molecule has 2 aliphatic rings. The molecule has 2 aliphatic heterocycles. The highest BCUT2D eigenvalue weighted by Gasteiger charge is 2.20. The van der Waals surface area contributed by atoms with Crippen LogP contribution < -0.4 is 10.6 Å². The Balaban J connectivity index is 2.36. The van der Waals surface area contributed by atoms with Gasteiger partial charge in [0.15, 0.2) is 5.84 Å². The third-order valence-corrected chi connectivity index (χ3v) is 2.13. The van der Waals surface area contributed by atoms with Gasteiger partial charge in [-0.2, -0.15) is 0 Å². The van der Waals surface area contributed by atoms with Gasteiger partial charge in [-0.05, 0) is 5.92 Å². The van der Waals surface area contributed by atoms with Crippen molar-refractivity contribution in [3.05, 3.63) is 17.6 Å². The molecule has 0 aromatic rings. The Kier molecular flexibility index (Phi) is 2.39. The van der Waals surface area contributed by atoms with E-state index >= 15 is 0 Å². The van der Waals surface area contributed by atoms with Crippen LogP contribution in [0.25, 0.3) is 0 Å². The molecule has 0 radical (unpaired) electrons. The lowest BCUT2D eigenvalue weighted by atomic mass is 10.1. The number of nitrogens with zero attached hydrogens (tertiary/aromatic N) is 2. The highest BCUT2D eigenvalue weighted by atomic mass is 16.2. The molecule has 1 fully saturated rings. The van der Waals surface area contributed by atoms with E-state index < -0.39 is 0 Å². The maximum atomic E-state index is 11.2. The van der Waals surface area contributed by atoms with Gasteiger partial charge in [-0.3, -0.25) is 4.79 Å². The summed E-state index contributed by atoms with van der Waals surface area (Å²) >= 11 is 0. The van der Waals surface area contributed by atoms with Crippen molar-refractivity contribution in [3.63, 3.8) is 0 Å². The number of hydrogen-bond donors (Lipinski definition) is 2. The molecule has 2 rings (SSSR count). The third kappa shape index (κ3) is 1.97. The highest BCUT2D eigenvalue weighted by molar-refractivity contribution is 6.15. The van der Waals surface area contributed by atoms with Gasteiger partial charge in [-0.15, -0.1) is 0 Å². The Morgan fingerprint density at radius 3 is 3.07 bits per heavy atom. The molecule has 1 saturated heterocycles. The minimum Gasteiger partial charge on any atom is -0.365 e. The van der Waals surface area contributed by atoms with E-state index in [-0.39, 0.29) is 18.4 Å². The zero-order valence-electron chi connectivity index (χ0n) is 8.66. The van der Waals surface area contributed by atoms with Crippen LogP contribution in [-0.4, -0.2) is 24.2 Å². The molecule has 2 heterocycles. The number of hydrogen-bond acceptors (Lipinski definition) is 4. The number of allylic oxidation sites excluding steroid dienone is 1. The van der Waals surface area contributed by atoms with Crippen LogP contribution >= 0.6 is 0 Å². The molecule has 0 spiro atoms. The van der Waals surface area contributed by atoms with E-state index in [1.807, 2.05) is 13.8 Å². The van der Waals surface area contributed by atoms with E-state index in [9.17, 15) is 4.79 Å². The van der Waals surface area contributed by atoms with Crippen molar-refractivity contribution >= 4 is 17.6 Å². The number of rotatable bonds is 1. The molecule has 0 saturated carbocycles. The van der Waals surface area contributed by atoms with E-state index in [1.165, 1.54) is 0 Å². The summed E-state index contributed by atoms with van der Waals surface area (Å²) in [6.45, 7) is 4.29. The first-order valence-electron chi connectivity index (χ1n) is 4.82. The summed E-state index contributed by atoms with van der Waals surface area (Å²) in [6.07, 6.45) is 1.66. The molecule has 0 unspecified atom stereocenters. The topological polar surface area (TPSA) is 65.8 Å². The Morgan fingerprint density at radius 1 is 1.53 bits per heavy atom. The zero-order chi connectivity index (χ0) is 10.8. The van der Waals surface area contributed by atoms with Gasteiger partial charge in [0.2, 0.25) is 5.91 Å². The highest BCUT2D eigenvalue weighted by Crippen LogP contribution is 2.13. The van der Waals surface area contributed by atoms with Gasteiger partial charge < -0.3 is 10.6 Å². The van der Waals surface area contributed by atoms with Gasteiger partial charge in [0.05, 0.1) is 18.4 Å². The van der Waals surface area contributed by atoms with Crippen molar-refractivity contribution in [3.8, 4) is 0 Å². The Morgan fingerprint density at radius 2 is 2.33 bits per heavy atom. The number of carbonyl (C=O) groups is 1. The Bertz CT molecular complexity index is 425. The van der Waals surface area contributed by atoms with Crippen LogP contribution in [0, 0.1) is 5.92 Å². The maximum Gasteiger partial charge on any atom is 0.244 e.